The van der Waals surface area contributed by atoms with Gasteiger partial charge in [-0.1, -0.05) is 24.9 Å². The number of hydrogen-bond donors (Lipinski definition) is 1. The van der Waals surface area contributed by atoms with Gasteiger partial charge < -0.3 is 10.2 Å². The maximum Gasteiger partial charge on any atom is 0.312 e. The van der Waals surface area contributed by atoms with E-state index < -0.39 is 0 Å². The van der Waals surface area contributed by atoms with E-state index in [4.69, 9.17) is 10.2 Å². The van der Waals surface area contributed by atoms with Gasteiger partial charge in [-0.3, -0.25) is 0 Å². The maximum atomic E-state index is 5.38. The summed E-state index contributed by atoms with van der Waals surface area (Å²) in [4.78, 5) is 0. The van der Waals surface area contributed by atoms with Crippen LogP contribution in [-0.2, 0) is 0 Å². The van der Waals surface area contributed by atoms with Gasteiger partial charge in [-0.15, -0.1) is 5.10 Å². The zero-order valence-electron chi connectivity index (χ0n) is 7.86. The van der Waals surface area contributed by atoms with Crippen molar-refractivity contribution < 1.29 is 4.42 Å². The van der Waals surface area contributed by atoms with Crippen LogP contribution in [0, 0.1) is 5.92 Å². The molecule has 0 bridgehead atoms. The molecule has 1 aromatic rings. The van der Waals surface area contributed by atoms with Crippen LogP contribution >= 0.6 is 0 Å². The first kappa shape index (κ1) is 8.53. The molecule has 72 valence electrons. The predicted molar refractivity (Wildman–Crippen MR) is 49.1 cm³/mol. The second-order valence-corrected chi connectivity index (χ2v) is 3.95. The molecule has 0 aliphatic heterocycles. The summed E-state index contributed by atoms with van der Waals surface area (Å²) >= 11 is 0. The van der Waals surface area contributed by atoms with Crippen molar-refractivity contribution in [2.24, 2.45) is 5.92 Å². The highest BCUT2D eigenvalue weighted by Crippen LogP contribution is 2.35. The minimum absolute atomic E-state index is 0.188. The highest BCUT2D eigenvalue weighted by molar-refractivity contribution is 5.07. The number of aromatic nitrogens is 2. The van der Waals surface area contributed by atoms with Gasteiger partial charge in [-0.25, -0.2) is 0 Å². The van der Waals surface area contributed by atoms with Crippen molar-refractivity contribution in [1.82, 2.24) is 10.2 Å². The quantitative estimate of drug-likeness (QED) is 0.719. The lowest BCUT2D eigenvalue weighted by molar-refractivity contribution is 0.304. The van der Waals surface area contributed by atoms with E-state index in [0.717, 1.165) is 24.7 Å². The number of nitrogen functional groups attached to an aromatic ring is 1. The molecule has 4 heteroatoms. The Morgan fingerprint density at radius 1 is 1.38 bits per heavy atom. The Balaban J connectivity index is 2.08. The molecule has 4 nitrogen and oxygen atoms in total. The lowest BCUT2D eigenvalue weighted by Crippen LogP contribution is -2.11. The third kappa shape index (κ3) is 1.82. The summed E-state index contributed by atoms with van der Waals surface area (Å²) in [5, 5.41) is 7.61. The number of hydrogen-bond acceptors (Lipinski definition) is 4. The van der Waals surface area contributed by atoms with Gasteiger partial charge in [-0.2, -0.15) is 0 Å². The second-order valence-electron chi connectivity index (χ2n) is 3.95. The van der Waals surface area contributed by atoms with Gasteiger partial charge in [0.2, 0.25) is 5.89 Å². The van der Waals surface area contributed by atoms with Crippen LogP contribution in [0.4, 0.5) is 6.01 Å². The minimum atomic E-state index is 0.188. The molecule has 1 aromatic heterocycles. The average molecular weight is 181 g/mol. The van der Waals surface area contributed by atoms with Gasteiger partial charge in [0.05, 0.1) is 0 Å². The van der Waals surface area contributed by atoms with Crippen LogP contribution in [0.15, 0.2) is 4.42 Å². The van der Waals surface area contributed by atoms with Crippen LogP contribution in [-0.4, -0.2) is 10.2 Å². The molecule has 1 fully saturated rings. The third-order valence-electron chi connectivity index (χ3n) is 2.74. The topological polar surface area (TPSA) is 64.9 Å². The summed E-state index contributed by atoms with van der Waals surface area (Å²) in [5.74, 6) is 1.93. The summed E-state index contributed by atoms with van der Waals surface area (Å²) in [6.45, 7) is 2.27. The largest absolute Gasteiger partial charge is 0.408 e. The molecule has 13 heavy (non-hydrogen) atoms. The summed E-state index contributed by atoms with van der Waals surface area (Å²) in [5.41, 5.74) is 5.38. The van der Waals surface area contributed by atoms with E-state index in [9.17, 15) is 0 Å². The van der Waals surface area contributed by atoms with Crippen LogP contribution < -0.4 is 5.73 Å². The Hall–Kier alpha value is -1.06. The SMILES string of the molecule is C[C@H]1CCC[C@@H](c2nnc(N)o2)C1. The van der Waals surface area contributed by atoms with Crippen LogP contribution in [0.5, 0.6) is 0 Å². The molecule has 0 amide bonds. The molecule has 0 spiro atoms. The standard InChI is InChI=1S/C9H15N3O/c1-6-3-2-4-7(5-6)8-11-12-9(10)13-8/h6-7H,2-5H2,1H3,(H2,10,12)/t6-,7+/m0/s1. The molecule has 0 unspecified atom stereocenters. The molecule has 1 aliphatic rings. The Morgan fingerprint density at radius 3 is 2.85 bits per heavy atom. The van der Waals surface area contributed by atoms with E-state index in [2.05, 4.69) is 17.1 Å². The summed E-state index contributed by atoms with van der Waals surface area (Å²) in [6, 6.07) is 0.188. The fourth-order valence-corrected chi connectivity index (χ4v) is 2.07. The Bertz CT molecular complexity index is 284. The molecular formula is C9H15N3O. The van der Waals surface area contributed by atoms with Crippen molar-refractivity contribution in [3.63, 3.8) is 0 Å². The molecule has 1 heterocycles. The van der Waals surface area contributed by atoms with Gasteiger partial charge in [-0.05, 0) is 18.8 Å². The summed E-state index contributed by atoms with van der Waals surface area (Å²) in [6.07, 6.45) is 4.89. The van der Waals surface area contributed by atoms with E-state index in [1.165, 1.54) is 12.8 Å². The molecule has 2 atom stereocenters. The lowest BCUT2D eigenvalue weighted by Gasteiger charge is -2.23. The van der Waals surface area contributed by atoms with Crippen molar-refractivity contribution in [1.29, 1.82) is 0 Å². The van der Waals surface area contributed by atoms with Gasteiger partial charge in [0, 0.05) is 5.92 Å². The fraction of sp³-hybridized carbons (Fsp3) is 0.778. The van der Waals surface area contributed by atoms with Gasteiger partial charge in [0.1, 0.15) is 0 Å². The average Bonchev–Trinajstić information content (AvgIpc) is 2.52. The molecule has 0 saturated heterocycles. The van der Waals surface area contributed by atoms with E-state index >= 15 is 0 Å². The van der Waals surface area contributed by atoms with E-state index in [-0.39, 0.29) is 6.01 Å². The van der Waals surface area contributed by atoms with E-state index in [0.29, 0.717) is 5.92 Å². The van der Waals surface area contributed by atoms with Crippen LogP contribution in [0.1, 0.15) is 44.4 Å². The van der Waals surface area contributed by atoms with E-state index in [1.54, 1.807) is 0 Å². The van der Waals surface area contributed by atoms with E-state index in [1.807, 2.05) is 0 Å². The van der Waals surface area contributed by atoms with Crippen molar-refractivity contribution in [2.45, 2.75) is 38.5 Å². The normalized spacial score (nSPS) is 29.0. The van der Waals surface area contributed by atoms with Crippen LogP contribution in [0.25, 0.3) is 0 Å². The summed E-state index contributed by atoms with van der Waals surface area (Å²) in [7, 11) is 0. The first-order chi connectivity index (χ1) is 6.25. The first-order valence-corrected chi connectivity index (χ1v) is 4.84. The molecule has 0 radical (unpaired) electrons. The third-order valence-corrected chi connectivity index (χ3v) is 2.74. The van der Waals surface area contributed by atoms with Crippen LogP contribution in [0.2, 0.25) is 0 Å². The first-order valence-electron chi connectivity index (χ1n) is 4.84. The number of nitrogens with two attached hydrogens (primary N) is 1. The molecule has 0 aromatic carbocycles. The second kappa shape index (κ2) is 3.36. The lowest BCUT2D eigenvalue weighted by atomic mass is 9.82. The molecule has 1 aliphatic carbocycles. The predicted octanol–water partition coefficient (Wildman–Crippen LogP) is 1.95. The number of anilines is 1. The fourth-order valence-electron chi connectivity index (χ4n) is 2.07. The molecular weight excluding hydrogens is 166 g/mol. The molecule has 1 saturated carbocycles. The van der Waals surface area contributed by atoms with Crippen molar-refractivity contribution in [2.75, 3.05) is 5.73 Å². The summed E-state index contributed by atoms with van der Waals surface area (Å²) < 4.78 is 5.23. The zero-order valence-corrected chi connectivity index (χ0v) is 7.86. The zero-order chi connectivity index (χ0) is 9.26. The minimum Gasteiger partial charge on any atom is -0.408 e. The van der Waals surface area contributed by atoms with Crippen molar-refractivity contribution in [3.05, 3.63) is 5.89 Å². The molecule has 2 rings (SSSR count). The highest BCUT2D eigenvalue weighted by atomic mass is 16.4. The van der Waals surface area contributed by atoms with Crippen molar-refractivity contribution in [3.8, 4) is 0 Å². The highest BCUT2D eigenvalue weighted by Gasteiger charge is 2.24. The maximum absolute atomic E-state index is 5.38. The van der Waals surface area contributed by atoms with Gasteiger partial charge in [0.15, 0.2) is 0 Å². The van der Waals surface area contributed by atoms with Crippen molar-refractivity contribution >= 4 is 6.01 Å². The number of nitrogens with zero attached hydrogens (tertiary/aromatic N) is 2. The smallest absolute Gasteiger partial charge is 0.312 e. The molecule has 2 N–H and O–H groups in total. The number of rotatable bonds is 1. The van der Waals surface area contributed by atoms with Gasteiger partial charge in [0.25, 0.3) is 0 Å². The van der Waals surface area contributed by atoms with Gasteiger partial charge >= 0.3 is 6.01 Å². The monoisotopic (exact) mass is 181 g/mol. The Kier molecular flexibility index (Phi) is 2.20. The Morgan fingerprint density at radius 2 is 2.23 bits per heavy atom. The Labute approximate surface area is 77.5 Å². The van der Waals surface area contributed by atoms with Crippen LogP contribution in [0.3, 0.4) is 0 Å².